The van der Waals surface area contributed by atoms with E-state index in [9.17, 15) is 14.6 Å². The number of benzene rings is 1. The highest BCUT2D eigenvalue weighted by atomic mass is 19.1. The first-order valence-corrected chi connectivity index (χ1v) is 5.60. The third-order valence-electron chi connectivity index (χ3n) is 2.73. The third-order valence-corrected chi connectivity index (χ3v) is 2.73. The largest absolute Gasteiger partial charge is 0.390 e. The van der Waals surface area contributed by atoms with Gasteiger partial charge in [0.1, 0.15) is 11.9 Å². The number of hydrogen-bond donors (Lipinski definition) is 2. The zero-order chi connectivity index (χ0) is 12.3. The number of aliphatic hydroxyl groups is 2. The summed E-state index contributed by atoms with van der Waals surface area (Å²) in [7, 11) is 0. The van der Waals surface area contributed by atoms with Crippen LogP contribution in [0.1, 0.15) is 42.6 Å². The van der Waals surface area contributed by atoms with Crippen molar-refractivity contribution in [3.63, 3.8) is 0 Å². The molecule has 1 aromatic carbocycles. The molecule has 0 bridgehead atoms. The Morgan fingerprint density at radius 2 is 1.88 bits per heavy atom. The van der Waals surface area contributed by atoms with Crippen LogP contribution in [0.5, 0.6) is 0 Å². The fourth-order valence-corrected chi connectivity index (χ4v) is 1.95. The van der Waals surface area contributed by atoms with Gasteiger partial charge in [-0.05, 0) is 37.5 Å². The minimum Gasteiger partial charge on any atom is -0.390 e. The topological polar surface area (TPSA) is 40.5 Å². The van der Waals surface area contributed by atoms with E-state index in [0.29, 0.717) is 12.0 Å². The maximum Gasteiger partial charge on any atom is 0.129 e. The number of halogens is 1. The molecule has 90 valence electrons. The van der Waals surface area contributed by atoms with Crippen molar-refractivity contribution in [1.82, 2.24) is 0 Å². The van der Waals surface area contributed by atoms with Crippen molar-refractivity contribution in [3.8, 4) is 0 Å². The van der Waals surface area contributed by atoms with E-state index in [2.05, 4.69) is 0 Å². The number of aliphatic hydroxyl groups excluding tert-OH is 2. The normalized spacial score (nSPS) is 14.9. The van der Waals surface area contributed by atoms with Gasteiger partial charge in [-0.1, -0.05) is 19.4 Å². The molecule has 0 saturated heterocycles. The molecule has 3 heteroatoms. The Balaban J connectivity index is 3.03. The molecule has 1 rings (SSSR count). The van der Waals surface area contributed by atoms with E-state index >= 15 is 0 Å². The van der Waals surface area contributed by atoms with Crippen molar-refractivity contribution in [1.29, 1.82) is 0 Å². The van der Waals surface area contributed by atoms with Crippen molar-refractivity contribution in [2.75, 3.05) is 0 Å². The van der Waals surface area contributed by atoms with Gasteiger partial charge < -0.3 is 10.2 Å². The van der Waals surface area contributed by atoms with Crippen LogP contribution in [0.15, 0.2) is 12.1 Å². The molecule has 0 spiro atoms. The molecular weight excluding hydrogens is 207 g/mol. The molecular formula is C13H19FO2. The average Bonchev–Trinajstić information content (AvgIpc) is 2.16. The lowest BCUT2D eigenvalue weighted by Crippen LogP contribution is -2.20. The van der Waals surface area contributed by atoms with Crippen LogP contribution in [0.25, 0.3) is 0 Å². The molecule has 2 atom stereocenters. The highest BCUT2D eigenvalue weighted by Gasteiger charge is 2.22. The zero-order valence-electron chi connectivity index (χ0n) is 10.00. The Labute approximate surface area is 95.7 Å². The van der Waals surface area contributed by atoms with Gasteiger partial charge in [0.2, 0.25) is 0 Å². The molecule has 0 aliphatic rings. The average molecular weight is 226 g/mol. The first-order valence-electron chi connectivity index (χ1n) is 5.60. The Bertz CT molecular complexity index is 340. The Kier molecular flexibility index (Phi) is 4.44. The van der Waals surface area contributed by atoms with E-state index in [1.54, 1.807) is 19.9 Å². The molecule has 16 heavy (non-hydrogen) atoms. The summed E-state index contributed by atoms with van der Waals surface area (Å²) < 4.78 is 13.7. The SMILES string of the molecule is CCCC(O)C(O)c1c(C)cc(C)cc1F. The molecule has 2 nitrogen and oxygen atoms in total. The Hall–Kier alpha value is -0.930. The molecule has 0 amide bonds. The van der Waals surface area contributed by atoms with Crippen molar-refractivity contribution in [2.24, 2.45) is 0 Å². The predicted octanol–water partition coefficient (Wildman–Crippen LogP) is 2.64. The standard InChI is InChI=1S/C13H19FO2/c1-4-5-11(15)13(16)12-9(3)6-8(2)7-10(12)14/h6-7,11,13,15-16H,4-5H2,1-3H3. The van der Waals surface area contributed by atoms with Crippen LogP contribution in [0.3, 0.4) is 0 Å². The number of hydrogen-bond acceptors (Lipinski definition) is 2. The smallest absolute Gasteiger partial charge is 0.129 e. The van der Waals surface area contributed by atoms with Crippen LogP contribution in [0.2, 0.25) is 0 Å². The number of rotatable bonds is 4. The van der Waals surface area contributed by atoms with Gasteiger partial charge in [0.15, 0.2) is 0 Å². The molecule has 1 aromatic rings. The van der Waals surface area contributed by atoms with Gasteiger partial charge in [-0.3, -0.25) is 0 Å². The molecule has 0 radical (unpaired) electrons. The van der Waals surface area contributed by atoms with E-state index in [1.807, 2.05) is 6.92 Å². The van der Waals surface area contributed by atoms with E-state index < -0.39 is 18.0 Å². The maximum atomic E-state index is 13.7. The van der Waals surface area contributed by atoms with Gasteiger partial charge in [-0.25, -0.2) is 4.39 Å². The maximum absolute atomic E-state index is 13.7. The highest BCUT2D eigenvalue weighted by molar-refractivity contribution is 5.34. The minimum atomic E-state index is -1.14. The van der Waals surface area contributed by atoms with Crippen molar-refractivity contribution in [2.45, 2.75) is 45.8 Å². The van der Waals surface area contributed by atoms with Crippen LogP contribution in [-0.2, 0) is 0 Å². The van der Waals surface area contributed by atoms with Crippen LogP contribution >= 0.6 is 0 Å². The first-order chi connectivity index (χ1) is 7.47. The second-order valence-electron chi connectivity index (χ2n) is 4.28. The van der Waals surface area contributed by atoms with Crippen molar-refractivity contribution >= 4 is 0 Å². The zero-order valence-corrected chi connectivity index (χ0v) is 10.00. The summed E-state index contributed by atoms with van der Waals surface area (Å²) in [6.45, 7) is 5.45. The van der Waals surface area contributed by atoms with Crippen LogP contribution in [-0.4, -0.2) is 16.3 Å². The van der Waals surface area contributed by atoms with E-state index in [1.165, 1.54) is 6.07 Å². The second kappa shape index (κ2) is 5.41. The first kappa shape index (κ1) is 13.1. The summed E-state index contributed by atoms with van der Waals surface area (Å²) in [5.41, 5.74) is 1.71. The van der Waals surface area contributed by atoms with E-state index in [-0.39, 0.29) is 5.56 Å². The summed E-state index contributed by atoms with van der Waals surface area (Å²) in [4.78, 5) is 0. The monoisotopic (exact) mass is 226 g/mol. The molecule has 0 saturated carbocycles. The molecule has 2 N–H and O–H groups in total. The summed E-state index contributed by atoms with van der Waals surface area (Å²) in [6, 6.07) is 3.19. The van der Waals surface area contributed by atoms with Gasteiger partial charge in [-0.15, -0.1) is 0 Å². The fourth-order valence-electron chi connectivity index (χ4n) is 1.95. The van der Waals surface area contributed by atoms with E-state index in [0.717, 1.165) is 12.0 Å². The third kappa shape index (κ3) is 2.80. The van der Waals surface area contributed by atoms with Gasteiger partial charge in [0.25, 0.3) is 0 Å². The minimum absolute atomic E-state index is 0.214. The lowest BCUT2D eigenvalue weighted by molar-refractivity contribution is 0.0107. The van der Waals surface area contributed by atoms with E-state index in [4.69, 9.17) is 0 Å². The van der Waals surface area contributed by atoms with Crippen LogP contribution < -0.4 is 0 Å². The quantitative estimate of drug-likeness (QED) is 0.828. The molecule has 0 aliphatic carbocycles. The summed E-state index contributed by atoms with van der Waals surface area (Å²) >= 11 is 0. The summed E-state index contributed by atoms with van der Waals surface area (Å²) in [5, 5.41) is 19.6. The van der Waals surface area contributed by atoms with Crippen LogP contribution in [0, 0.1) is 19.7 Å². The lowest BCUT2D eigenvalue weighted by Gasteiger charge is -2.20. The van der Waals surface area contributed by atoms with Crippen molar-refractivity contribution < 1.29 is 14.6 Å². The molecule has 0 aromatic heterocycles. The molecule has 2 unspecified atom stereocenters. The van der Waals surface area contributed by atoms with Crippen LogP contribution in [0.4, 0.5) is 4.39 Å². The fraction of sp³-hybridized carbons (Fsp3) is 0.538. The summed E-state index contributed by atoms with van der Waals surface area (Å²) in [5.74, 6) is -0.444. The molecule has 0 aliphatic heterocycles. The number of aryl methyl sites for hydroxylation is 2. The molecule has 0 fully saturated rings. The predicted molar refractivity (Wildman–Crippen MR) is 61.7 cm³/mol. The van der Waals surface area contributed by atoms with Crippen molar-refractivity contribution in [3.05, 3.63) is 34.6 Å². The van der Waals surface area contributed by atoms with Gasteiger partial charge in [0.05, 0.1) is 6.10 Å². The lowest BCUT2D eigenvalue weighted by atomic mass is 9.95. The van der Waals surface area contributed by atoms with Gasteiger partial charge in [-0.2, -0.15) is 0 Å². The van der Waals surface area contributed by atoms with Gasteiger partial charge >= 0.3 is 0 Å². The Morgan fingerprint density at radius 3 is 2.38 bits per heavy atom. The molecule has 0 heterocycles. The highest BCUT2D eigenvalue weighted by Crippen LogP contribution is 2.26. The Morgan fingerprint density at radius 1 is 1.25 bits per heavy atom. The van der Waals surface area contributed by atoms with Gasteiger partial charge in [0, 0.05) is 5.56 Å². The second-order valence-corrected chi connectivity index (χ2v) is 4.28. The summed E-state index contributed by atoms with van der Waals surface area (Å²) in [6.07, 6.45) is -0.819.